The first kappa shape index (κ1) is 18.2. The molecule has 8 heteroatoms. The van der Waals surface area contributed by atoms with E-state index in [2.05, 4.69) is 9.99 Å². The van der Waals surface area contributed by atoms with E-state index in [1.807, 2.05) is 0 Å². The van der Waals surface area contributed by atoms with Gasteiger partial charge in [-0.2, -0.15) is 4.31 Å². The fourth-order valence-electron chi connectivity index (χ4n) is 3.46. The molecule has 2 aliphatic rings. The van der Waals surface area contributed by atoms with Crippen LogP contribution < -0.4 is 5.73 Å². The molecule has 2 rings (SSSR count). The van der Waals surface area contributed by atoms with E-state index < -0.39 is 22.0 Å². The van der Waals surface area contributed by atoms with Crippen LogP contribution in [0.15, 0.2) is 5.16 Å². The summed E-state index contributed by atoms with van der Waals surface area (Å²) in [6.45, 7) is 1.69. The van der Waals surface area contributed by atoms with Gasteiger partial charge in [-0.1, -0.05) is 30.8 Å². The van der Waals surface area contributed by atoms with Crippen LogP contribution >= 0.6 is 0 Å². The van der Waals surface area contributed by atoms with Gasteiger partial charge >= 0.3 is 5.97 Å². The number of hydrogen-bond acceptors (Lipinski definition) is 5. The van der Waals surface area contributed by atoms with E-state index in [0.717, 1.165) is 38.5 Å². The summed E-state index contributed by atoms with van der Waals surface area (Å²) in [6, 6.07) is -0.503. The molecule has 0 spiro atoms. The van der Waals surface area contributed by atoms with Crippen LogP contribution in [0.5, 0.6) is 0 Å². The van der Waals surface area contributed by atoms with Gasteiger partial charge in [0.15, 0.2) is 5.84 Å². The second-order valence-electron chi connectivity index (χ2n) is 6.50. The number of carbonyl (C=O) groups excluding carboxylic acids is 1. The summed E-state index contributed by atoms with van der Waals surface area (Å²) < 4.78 is 27.1. The Hall–Kier alpha value is -1.15. The maximum absolute atomic E-state index is 12.8. The minimum atomic E-state index is -3.38. The number of hydrogen-bond donors (Lipinski definition) is 1. The van der Waals surface area contributed by atoms with Crippen molar-refractivity contribution in [1.29, 1.82) is 0 Å². The number of rotatable bonds is 5. The van der Waals surface area contributed by atoms with E-state index in [9.17, 15) is 13.2 Å². The Morgan fingerprint density at radius 3 is 2.48 bits per heavy atom. The van der Waals surface area contributed by atoms with E-state index in [0.29, 0.717) is 13.0 Å². The van der Waals surface area contributed by atoms with E-state index in [1.165, 1.54) is 17.6 Å². The smallest absolute Gasteiger partial charge is 0.332 e. The van der Waals surface area contributed by atoms with Gasteiger partial charge in [-0.15, -0.1) is 0 Å². The maximum Gasteiger partial charge on any atom is 0.332 e. The van der Waals surface area contributed by atoms with Gasteiger partial charge in [-0.3, -0.25) is 0 Å². The number of oxime groups is 1. The molecule has 1 aliphatic heterocycles. The molecule has 1 atom stereocenters. The summed E-state index contributed by atoms with van der Waals surface area (Å²) in [7, 11) is -3.38. The molecular weight excluding hydrogens is 318 g/mol. The predicted octanol–water partition coefficient (Wildman–Crippen LogP) is 1.59. The fourth-order valence-corrected chi connectivity index (χ4v) is 5.59. The van der Waals surface area contributed by atoms with Crippen molar-refractivity contribution >= 4 is 21.8 Å². The van der Waals surface area contributed by atoms with Gasteiger partial charge in [-0.25, -0.2) is 13.2 Å². The predicted molar refractivity (Wildman–Crippen MR) is 88.1 cm³/mol. The van der Waals surface area contributed by atoms with Crippen LogP contribution in [0.3, 0.4) is 0 Å². The topological polar surface area (TPSA) is 102 Å². The maximum atomic E-state index is 12.8. The zero-order valence-electron chi connectivity index (χ0n) is 13.7. The second kappa shape index (κ2) is 8.10. The van der Waals surface area contributed by atoms with Crippen LogP contribution in [0.25, 0.3) is 0 Å². The number of sulfonamides is 1. The summed E-state index contributed by atoms with van der Waals surface area (Å²) in [5, 5.41) is 3.60. The molecule has 1 heterocycles. The molecule has 0 radical (unpaired) electrons. The lowest BCUT2D eigenvalue weighted by molar-refractivity contribution is -0.141. The standard InChI is InChI=1S/C15H27N3O4S/c1-12(19)22-17-15(16)14-9-5-6-10-18(14)23(20,21)11-13-7-3-2-4-8-13/h13-14H,2-11H2,1H3,(H2,16,17)/t14-/m0/s1. The Morgan fingerprint density at radius 2 is 1.83 bits per heavy atom. The first-order valence-electron chi connectivity index (χ1n) is 8.40. The van der Waals surface area contributed by atoms with E-state index in [1.54, 1.807) is 0 Å². The number of nitrogens with zero attached hydrogens (tertiary/aromatic N) is 2. The molecule has 0 aromatic carbocycles. The molecule has 1 saturated heterocycles. The lowest BCUT2D eigenvalue weighted by atomic mass is 9.91. The number of nitrogens with two attached hydrogens (primary N) is 1. The lowest BCUT2D eigenvalue weighted by Crippen LogP contribution is -2.51. The summed E-state index contributed by atoms with van der Waals surface area (Å²) >= 11 is 0. The first-order chi connectivity index (χ1) is 10.9. The zero-order valence-corrected chi connectivity index (χ0v) is 14.6. The molecule has 0 amide bonds. The molecule has 0 unspecified atom stereocenters. The SMILES string of the molecule is CC(=O)O/N=C(/N)[C@@H]1CCCCN1S(=O)(=O)CC1CCCCC1. The number of carbonyl (C=O) groups is 1. The van der Waals surface area contributed by atoms with Gasteiger partial charge in [0.1, 0.15) is 0 Å². The highest BCUT2D eigenvalue weighted by atomic mass is 32.2. The molecule has 0 aromatic heterocycles. The molecule has 7 nitrogen and oxygen atoms in total. The molecule has 1 aliphatic carbocycles. The van der Waals surface area contributed by atoms with Crippen LogP contribution in [-0.2, 0) is 19.7 Å². The van der Waals surface area contributed by atoms with Gasteiger partial charge < -0.3 is 10.6 Å². The second-order valence-corrected chi connectivity index (χ2v) is 8.47. The average molecular weight is 345 g/mol. The van der Waals surface area contributed by atoms with Gasteiger partial charge in [0.2, 0.25) is 10.0 Å². The summed E-state index contributed by atoms with van der Waals surface area (Å²) in [4.78, 5) is 15.4. The molecular formula is C15H27N3O4S. The highest BCUT2D eigenvalue weighted by molar-refractivity contribution is 7.89. The third-order valence-corrected chi connectivity index (χ3v) is 6.65. The van der Waals surface area contributed by atoms with Crippen LogP contribution in [0.1, 0.15) is 58.3 Å². The minimum Gasteiger partial charge on any atom is -0.383 e. The van der Waals surface area contributed by atoms with Crippen molar-refractivity contribution in [3.05, 3.63) is 0 Å². The Morgan fingerprint density at radius 1 is 1.17 bits per heavy atom. The normalized spacial score (nSPS) is 25.3. The van der Waals surface area contributed by atoms with Crippen LogP contribution in [0.2, 0.25) is 0 Å². The van der Waals surface area contributed by atoms with Crippen molar-refractivity contribution in [2.75, 3.05) is 12.3 Å². The van der Waals surface area contributed by atoms with Crippen molar-refractivity contribution in [3.63, 3.8) is 0 Å². The summed E-state index contributed by atoms with van der Waals surface area (Å²) in [6.07, 6.45) is 7.70. The minimum absolute atomic E-state index is 0.0621. The van der Waals surface area contributed by atoms with Crippen molar-refractivity contribution in [3.8, 4) is 0 Å². The molecule has 0 aromatic rings. The third kappa shape index (κ3) is 5.17. The van der Waals surface area contributed by atoms with Gasteiger partial charge in [0.25, 0.3) is 0 Å². The van der Waals surface area contributed by atoms with Crippen LogP contribution in [0.4, 0.5) is 0 Å². The van der Waals surface area contributed by atoms with Gasteiger partial charge in [-0.05, 0) is 31.6 Å². The van der Waals surface area contributed by atoms with Gasteiger partial charge in [0, 0.05) is 13.5 Å². The molecule has 2 N–H and O–H groups in total. The van der Waals surface area contributed by atoms with Crippen LogP contribution in [0, 0.1) is 5.92 Å². The third-order valence-electron chi connectivity index (χ3n) is 4.60. The van der Waals surface area contributed by atoms with Crippen molar-refractivity contribution < 1.29 is 18.0 Å². The van der Waals surface area contributed by atoms with Crippen LogP contribution in [-0.4, -0.2) is 42.9 Å². The van der Waals surface area contributed by atoms with E-state index in [4.69, 9.17) is 5.73 Å². The number of amidine groups is 1. The summed E-state index contributed by atoms with van der Waals surface area (Å²) in [5.41, 5.74) is 5.88. The largest absolute Gasteiger partial charge is 0.383 e. The Labute approximate surface area is 138 Å². The molecule has 1 saturated carbocycles. The Kier molecular flexibility index (Phi) is 6.41. The highest BCUT2D eigenvalue weighted by Crippen LogP contribution is 2.28. The molecule has 23 heavy (non-hydrogen) atoms. The first-order valence-corrected chi connectivity index (χ1v) is 10.0. The zero-order chi connectivity index (χ0) is 16.9. The van der Waals surface area contributed by atoms with Crippen molar-refractivity contribution in [2.24, 2.45) is 16.8 Å². The highest BCUT2D eigenvalue weighted by Gasteiger charge is 2.36. The fraction of sp³-hybridized carbons (Fsp3) is 0.867. The quantitative estimate of drug-likeness (QED) is 0.353. The van der Waals surface area contributed by atoms with E-state index >= 15 is 0 Å². The monoisotopic (exact) mass is 345 g/mol. The van der Waals surface area contributed by atoms with Gasteiger partial charge in [0.05, 0.1) is 11.8 Å². The lowest BCUT2D eigenvalue weighted by Gasteiger charge is -2.35. The molecule has 0 bridgehead atoms. The Bertz CT molecular complexity index is 541. The molecule has 132 valence electrons. The Balaban J connectivity index is 2.09. The molecule has 2 fully saturated rings. The average Bonchev–Trinajstić information content (AvgIpc) is 2.53. The number of piperidine rings is 1. The summed E-state index contributed by atoms with van der Waals surface area (Å²) in [5.74, 6) is -0.0832. The van der Waals surface area contributed by atoms with Crippen molar-refractivity contribution in [2.45, 2.75) is 64.3 Å². The van der Waals surface area contributed by atoms with E-state index in [-0.39, 0.29) is 17.5 Å². The van der Waals surface area contributed by atoms with Crippen molar-refractivity contribution in [1.82, 2.24) is 4.31 Å².